The van der Waals surface area contributed by atoms with Gasteiger partial charge >= 0.3 is 5.97 Å². The van der Waals surface area contributed by atoms with Crippen molar-refractivity contribution in [1.82, 2.24) is 0 Å². The first-order chi connectivity index (χ1) is 9.74. The average molecular weight is 262 g/mol. The van der Waals surface area contributed by atoms with Gasteiger partial charge in [0.1, 0.15) is 0 Å². The second-order valence-corrected chi connectivity index (χ2v) is 4.80. The van der Waals surface area contributed by atoms with Gasteiger partial charge in [-0.15, -0.1) is 0 Å². The molecule has 0 heterocycles. The van der Waals surface area contributed by atoms with Crippen LogP contribution in [-0.4, -0.2) is 11.1 Å². The van der Waals surface area contributed by atoms with Crippen LogP contribution in [0.3, 0.4) is 0 Å². The first-order valence-corrected chi connectivity index (χ1v) is 6.53. The molecule has 0 atom stereocenters. The Morgan fingerprint density at radius 2 is 1.60 bits per heavy atom. The Balaban J connectivity index is 2.25. The second kappa shape index (κ2) is 5.17. The molecule has 3 rings (SSSR count). The molecule has 98 valence electrons. The first-order valence-electron chi connectivity index (χ1n) is 6.53. The third-order valence-corrected chi connectivity index (χ3v) is 3.36. The van der Waals surface area contributed by atoms with Crippen molar-refractivity contribution in [2.24, 2.45) is 0 Å². The Bertz CT molecular complexity index is 761. The number of carboxylic acids is 1. The standard InChI is InChI=1S/C18H14O2/c19-18(20)12-13-10-15-8-4-5-9-16(15)17(11-13)14-6-2-1-3-7-14/h1-11H,12H2,(H,19,20). The molecule has 3 aromatic carbocycles. The van der Waals surface area contributed by atoms with Crippen molar-refractivity contribution < 1.29 is 9.90 Å². The van der Waals surface area contributed by atoms with Crippen LogP contribution < -0.4 is 0 Å². The Morgan fingerprint density at radius 3 is 2.35 bits per heavy atom. The minimum Gasteiger partial charge on any atom is -0.481 e. The highest BCUT2D eigenvalue weighted by molar-refractivity contribution is 5.97. The molecule has 0 aliphatic rings. The van der Waals surface area contributed by atoms with E-state index in [2.05, 4.69) is 6.07 Å². The van der Waals surface area contributed by atoms with Crippen molar-refractivity contribution in [1.29, 1.82) is 0 Å². The molecule has 0 saturated heterocycles. The van der Waals surface area contributed by atoms with Crippen molar-refractivity contribution in [3.05, 3.63) is 72.3 Å². The quantitative estimate of drug-likeness (QED) is 0.770. The molecule has 0 saturated carbocycles. The van der Waals surface area contributed by atoms with Crippen LogP contribution in [0.5, 0.6) is 0 Å². The van der Waals surface area contributed by atoms with Gasteiger partial charge in [-0.1, -0.05) is 60.7 Å². The van der Waals surface area contributed by atoms with Crippen LogP contribution in [-0.2, 0) is 11.2 Å². The van der Waals surface area contributed by atoms with Gasteiger partial charge < -0.3 is 5.11 Å². The highest BCUT2D eigenvalue weighted by Gasteiger charge is 2.08. The van der Waals surface area contributed by atoms with Crippen LogP contribution in [0, 0.1) is 0 Å². The molecule has 3 aromatic rings. The van der Waals surface area contributed by atoms with Gasteiger partial charge in [0.05, 0.1) is 6.42 Å². The van der Waals surface area contributed by atoms with E-state index >= 15 is 0 Å². The summed E-state index contributed by atoms with van der Waals surface area (Å²) in [6.45, 7) is 0. The maximum absolute atomic E-state index is 11.0. The molecule has 0 amide bonds. The van der Waals surface area contributed by atoms with Gasteiger partial charge in [-0.05, 0) is 33.5 Å². The number of carbonyl (C=O) groups is 1. The summed E-state index contributed by atoms with van der Waals surface area (Å²) in [6.07, 6.45) is 0.0463. The van der Waals surface area contributed by atoms with Crippen molar-refractivity contribution in [2.45, 2.75) is 6.42 Å². The minimum absolute atomic E-state index is 0.0463. The van der Waals surface area contributed by atoms with Gasteiger partial charge in [-0.2, -0.15) is 0 Å². The number of hydrogen-bond acceptors (Lipinski definition) is 1. The van der Waals surface area contributed by atoms with Gasteiger partial charge in [0.15, 0.2) is 0 Å². The van der Waals surface area contributed by atoms with E-state index in [0.29, 0.717) is 0 Å². The van der Waals surface area contributed by atoms with E-state index in [1.165, 1.54) is 0 Å². The number of aliphatic carboxylic acids is 1. The Hall–Kier alpha value is -2.61. The topological polar surface area (TPSA) is 37.3 Å². The molecular weight excluding hydrogens is 248 g/mol. The zero-order chi connectivity index (χ0) is 13.9. The average Bonchev–Trinajstić information content (AvgIpc) is 2.47. The maximum Gasteiger partial charge on any atom is 0.307 e. The van der Waals surface area contributed by atoms with E-state index in [-0.39, 0.29) is 6.42 Å². The van der Waals surface area contributed by atoms with Crippen LogP contribution in [0.15, 0.2) is 66.7 Å². The van der Waals surface area contributed by atoms with Crippen molar-refractivity contribution in [3.8, 4) is 11.1 Å². The smallest absolute Gasteiger partial charge is 0.307 e. The van der Waals surface area contributed by atoms with E-state index in [1.54, 1.807) is 0 Å². The van der Waals surface area contributed by atoms with Crippen LogP contribution in [0.2, 0.25) is 0 Å². The van der Waals surface area contributed by atoms with E-state index in [0.717, 1.165) is 27.5 Å². The van der Waals surface area contributed by atoms with Crippen molar-refractivity contribution in [3.63, 3.8) is 0 Å². The van der Waals surface area contributed by atoms with Crippen LogP contribution >= 0.6 is 0 Å². The molecule has 2 nitrogen and oxygen atoms in total. The molecule has 0 unspecified atom stereocenters. The second-order valence-electron chi connectivity index (χ2n) is 4.80. The summed E-state index contributed by atoms with van der Waals surface area (Å²) < 4.78 is 0. The van der Waals surface area contributed by atoms with E-state index in [4.69, 9.17) is 5.11 Å². The summed E-state index contributed by atoms with van der Waals surface area (Å²) in [5, 5.41) is 11.2. The van der Waals surface area contributed by atoms with Gasteiger partial charge in [-0.25, -0.2) is 0 Å². The van der Waals surface area contributed by atoms with Gasteiger partial charge in [0.2, 0.25) is 0 Å². The zero-order valence-electron chi connectivity index (χ0n) is 10.9. The summed E-state index contributed by atoms with van der Waals surface area (Å²) in [5.74, 6) is -0.806. The van der Waals surface area contributed by atoms with Gasteiger partial charge in [0, 0.05) is 0 Å². The summed E-state index contributed by atoms with van der Waals surface area (Å²) in [6, 6.07) is 22.1. The minimum atomic E-state index is -0.806. The van der Waals surface area contributed by atoms with Crippen LogP contribution in [0.1, 0.15) is 5.56 Å². The van der Waals surface area contributed by atoms with Crippen molar-refractivity contribution >= 4 is 16.7 Å². The highest BCUT2D eigenvalue weighted by Crippen LogP contribution is 2.30. The Kier molecular flexibility index (Phi) is 3.21. The third-order valence-electron chi connectivity index (χ3n) is 3.36. The highest BCUT2D eigenvalue weighted by atomic mass is 16.4. The number of carboxylic acid groups (broad SMARTS) is 1. The molecule has 0 bridgehead atoms. The summed E-state index contributed by atoms with van der Waals surface area (Å²) in [7, 11) is 0. The lowest BCUT2D eigenvalue weighted by Gasteiger charge is -2.10. The molecule has 0 fully saturated rings. The molecular formula is C18H14O2. The fourth-order valence-electron chi connectivity index (χ4n) is 2.51. The summed E-state index contributed by atoms with van der Waals surface area (Å²) in [5.41, 5.74) is 3.02. The maximum atomic E-state index is 11.0. The van der Waals surface area contributed by atoms with Crippen LogP contribution in [0.25, 0.3) is 21.9 Å². The normalized spacial score (nSPS) is 10.6. The fourth-order valence-corrected chi connectivity index (χ4v) is 2.51. The summed E-state index contributed by atoms with van der Waals surface area (Å²) in [4.78, 5) is 11.0. The van der Waals surface area contributed by atoms with Gasteiger partial charge in [0.25, 0.3) is 0 Å². The van der Waals surface area contributed by atoms with E-state index in [1.807, 2.05) is 60.7 Å². The van der Waals surface area contributed by atoms with E-state index in [9.17, 15) is 4.79 Å². The molecule has 1 N–H and O–H groups in total. The third kappa shape index (κ3) is 2.41. The molecule has 20 heavy (non-hydrogen) atoms. The molecule has 0 aromatic heterocycles. The fraction of sp³-hybridized carbons (Fsp3) is 0.0556. The van der Waals surface area contributed by atoms with Crippen LogP contribution in [0.4, 0.5) is 0 Å². The van der Waals surface area contributed by atoms with Crippen molar-refractivity contribution in [2.75, 3.05) is 0 Å². The zero-order valence-corrected chi connectivity index (χ0v) is 10.9. The lowest BCUT2D eigenvalue weighted by Crippen LogP contribution is -2.00. The number of hydrogen-bond donors (Lipinski definition) is 1. The Labute approximate surface area is 117 Å². The molecule has 0 spiro atoms. The largest absolute Gasteiger partial charge is 0.481 e. The number of rotatable bonds is 3. The number of benzene rings is 3. The predicted molar refractivity (Wildman–Crippen MR) is 80.7 cm³/mol. The molecule has 0 aliphatic heterocycles. The lowest BCUT2D eigenvalue weighted by molar-refractivity contribution is -0.136. The lowest BCUT2D eigenvalue weighted by atomic mass is 9.95. The SMILES string of the molecule is O=C(O)Cc1cc(-c2ccccc2)c2ccccc2c1. The Morgan fingerprint density at radius 1 is 0.900 bits per heavy atom. The van der Waals surface area contributed by atoms with E-state index < -0.39 is 5.97 Å². The number of fused-ring (bicyclic) bond motifs is 1. The predicted octanol–water partition coefficient (Wildman–Crippen LogP) is 4.13. The molecule has 2 heteroatoms. The first kappa shape index (κ1) is 12.4. The summed E-state index contributed by atoms with van der Waals surface area (Å²) >= 11 is 0. The monoisotopic (exact) mass is 262 g/mol. The van der Waals surface area contributed by atoms with Gasteiger partial charge in [-0.3, -0.25) is 4.79 Å². The molecule has 0 aliphatic carbocycles. The molecule has 0 radical (unpaired) electrons.